The largest absolute Gasteiger partial charge is 0.471 e. The molecule has 2 heterocycles. The highest BCUT2D eigenvalue weighted by Crippen LogP contribution is 2.39. The lowest BCUT2D eigenvalue weighted by Gasteiger charge is -2.41. The first kappa shape index (κ1) is 17.8. The van der Waals surface area contributed by atoms with Crippen LogP contribution in [0.25, 0.3) is 0 Å². The lowest BCUT2D eigenvalue weighted by molar-refractivity contribution is -0.192. The second kappa shape index (κ2) is 5.83. The number of fused-ring (bicyclic) bond motifs is 2. The van der Waals surface area contributed by atoms with Gasteiger partial charge in [0.1, 0.15) is 11.8 Å². The highest BCUT2D eigenvalue weighted by Gasteiger charge is 2.56. The van der Waals surface area contributed by atoms with Crippen molar-refractivity contribution in [3.05, 3.63) is 0 Å². The molecule has 23 heavy (non-hydrogen) atoms. The van der Waals surface area contributed by atoms with Gasteiger partial charge in [-0.3, -0.25) is 4.79 Å². The van der Waals surface area contributed by atoms with E-state index < -0.39 is 48.1 Å². The van der Waals surface area contributed by atoms with Gasteiger partial charge in [0.2, 0.25) is 0 Å². The fourth-order valence-corrected chi connectivity index (χ4v) is 3.21. The van der Waals surface area contributed by atoms with Crippen LogP contribution in [0.1, 0.15) is 40.0 Å². The average molecular weight is 340 g/mol. The molecule has 2 amide bonds. The van der Waals surface area contributed by atoms with Crippen LogP contribution in [0.2, 0.25) is 0 Å². The van der Waals surface area contributed by atoms with Crippen LogP contribution in [-0.4, -0.2) is 53.0 Å². The summed E-state index contributed by atoms with van der Waals surface area (Å²) in [4.78, 5) is 23.8. The van der Waals surface area contributed by atoms with E-state index in [-0.39, 0.29) is 12.8 Å². The first-order valence-electron chi connectivity index (χ1n) is 7.43. The van der Waals surface area contributed by atoms with E-state index in [0.29, 0.717) is 11.3 Å². The maximum absolute atomic E-state index is 14.5. The molecule has 2 bridgehead atoms. The predicted molar refractivity (Wildman–Crippen MR) is 72.4 cm³/mol. The van der Waals surface area contributed by atoms with Crippen LogP contribution in [0.5, 0.6) is 0 Å². The van der Waals surface area contributed by atoms with Crippen LogP contribution in [-0.2, 0) is 9.53 Å². The Hall–Kier alpha value is -1.54. The normalized spacial score (nSPS) is 31.0. The van der Waals surface area contributed by atoms with Crippen molar-refractivity contribution in [2.24, 2.45) is 0 Å². The minimum Gasteiger partial charge on any atom is -0.444 e. The van der Waals surface area contributed by atoms with E-state index in [1.807, 2.05) is 0 Å². The standard InChI is InChI=1S/C14H20F4N2O3/c1-13(2,3)23-12(22)19-8-6-7-4-5-9(10(8)15)20(7)11(21)14(16,17)18/h7-10H,4-6H2,1-3H3,(H,19,22)/t7-,8-,9+,10-/m0/s1. The molecule has 0 radical (unpaired) electrons. The number of ether oxygens (including phenoxy) is 1. The summed E-state index contributed by atoms with van der Waals surface area (Å²) in [6, 6.07) is -2.84. The smallest absolute Gasteiger partial charge is 0.444 e. The number of amides is 2. The molecule has 0 aromatic carbocycles. The van der Waals surface area contributed by atoms with E-state index in [0.717, 1.165) is 0 Å². The number of piperidine rings is 1. The number of carbonyl (C=O) groups is 2. The van der Waals surface area contributed by atoms with E-state index in [9.17, 15) is 27.2 Å². The first-order valence-corrected chi connectivity index (χ1v) is 7.43. The molecule has 0 unspecified atom stereocenters. The number of rotatable bonds is 1. The maximum atomic E-state index is 14.5. The molecule has 2 fully saturated rings. The zero-order valence-corrected chi connectivity index (χ0v) is 13.1. The molecular formula is C14H20F4N2O3. The third kappa shape index (κ3) is 3.87. The summed E-state index contributed by atoms with van der Waals surface area (Å²) >= 11 is 0. The number of nitrogens with zero attached hydrogens (tertiary/aromatic N) is 1. The van der Waals surface area contributed by atoms with Gasteiger partial charge < -0.3 is 15.0 Å². The number of nitrogens with one attached hydrogen (secondary N) is 1. The molecule has 9 heteroatoms. The molecule has 0 spiro atoms. The van der Waals surface area contributed by atoms with Gasteiger partial charge in [-0.2, -0.15) is 13.2 Å². The molecule has 2 saturated heterocycles. The first-order chi connectivity index (χ1) is 10.4. The summed E-state index contributed by atoms with van der Waals surface area (Å²) in [5.41, 5.74) is -0.762. The van der Waals surface area contributed by atoms with Gasteiger partial charge >= 0.3 is 18.2 Å². The summed E-state index contributed by atoms with van der Waals surface area (Å²) < 4.78 is 57.4. The quantitative estimate of drug-likeness (QED) is 0.747. The SMILES string of the molecule is CC(C)(C)OC(=O)N[C@H]1C[C@@H]2CC[C@H]([C@H]1F)N2C(=O)C(F)(F)F. The molecule has 0 aromatic heterocycles. The second-order valence-corrected chi connectivity index (χ2v) is 6.94. The molecule has 132 valence electrons. The van der Waals surface area contributed by atoms with Crippen molar-refractivity contribution in [3.63, 3.8) is 0 Å². The van der Waals surface area contributed by atoms with E-state index in [4.69, 9.17) is 4.74 Å². The van der Waals surface area contributed by atoms with Gasteiger partial charge in [-0.25, -0.2) is 9.18 Å². The Morgan fingerprint density at radius 3 is 2.30 bits per heavy atom. The monoisotopic (exact) mass is 340 g/mol. The summed E-state index contributed by atoms with van der Waals surface area (Å²) in [5.74, 6) is -2.01. The maximum Gasteiger partial charge on any atom is 0.471 e. The Kier molecular flexibility index (Phi) is 4.51. The highest BCUT2D eigenvalue weighted by molar-refractivity contribution is 5.83. The zero-order valence-electron chi connectivity index (χ0n) is 13.1. The summed E-state index contributed by atoms with van der Waals surface area (Å²) in [7, 11) is 0. The summed E-state index contributed by atoms with van der Waals surface area (Å²) in [6.45, 7) is 4.94. The lowest BCUT2D eigenvalue weighted by Crippen LogP contribution is -2.61. The Bertz CT molecular complexity index is 489. The van der Waals surface area contributed by atoms with E-state index >= 15 is 0 Å². The van der Waals surface area contributed by atoms with Crippen LogP contribution in [0.15, 0.2) is 0 Å². The van der Waals surface area contributed by atoms with Gasteiger partial charge in [0.05, 0.1) is 12.1 Å². The number of alkyl halides is 4. The fraction of sp³-hybridized carbons (Fsp3) is 0.857. The van der Waals surface area contributed by atoms with Crippen LogP contribution in [0, 0.1) is 0 Å². The molecule has 0 saturated carbocycles. The van der Waals surface area contributed by atoms with Crippen molar-refractivity contribution in [2.45, 2.75) is 76.1 Å². The van der Waals surface area contributed by atoms with Gasteiger partial charge in [-0.15, -0.1) is 0 Å². The van der Waals surface area contributed by atoms with Crippen molar-refractivity contribution >= 4 is 12.0 Å². The average Bonchev–Trinajstić information content (AvgIpc) is 2.69. The predicted octanol–water partition coefficient (Wildman–Crippen LogP) is 2.54. The Morgan fingerprint density at radius 1 is 1.17 bits per heavy atom. The van der Waals surface area contributed by atoms with E-state index in [1.165, 1.54) is 0 Å². The number of hydrogen-bond donors (Lipinski definition) is 1. The third-order valence-corrected chi connectivity index (χ3v) is 4.00. The Balaban J connectivity index is 2.05. The van der Waals surface area contributed by atoms with Crippen molar-refractivity contribution in [3.8, 4) is 0 Å². The fourth-order valence-electron chi connectivity index (χ4n) is 3.21. The highest BCUT2D eigenvalue weighted by atomic mass is 19.4. The van der Waals surface area contributed by atoms with Gasteiger partial charge in [0, 0.05) is 6.04 Å². The number of alkyl carbamates (subject to hydrolysis) is 1. The molecule has 5 nitrogen and oxygen atoms in total. The minimum absolute atomic E-state index is 0.0568. The molecule has 4 atom stereocenters. The molecule has 2 aliphatic heterocycles. The van der Waals surface area contributed by atoms with Crippen molar-refractivity contribution in [1.29, 1.82) is 0 Å². The van der Waals surface area contributed by atoms with E-state index in [2.05, 4.69) is 5.32 Å². The molecule has 0 aliphatic carbocycles. The van der Waals surface area contributed by atoms with Crippen LogP contribution >= 0.6 is 0 Å². The zero-order chi connectivity index (χ0) is 17.6. The molecule has 2 rings (SSSR count). The van der Waals surface area contributed by atoms with Crippen LogP contribution in [0.3, 0.4) is 0 Å². The molecule has 0 aromatic rings. The summed E-state index contributed by atoms with van der Waals surface area (Å²) in [5, 5.41) is 2.37. The topological polar surface area (TPSA) is 58.6 Å². The van der Waals surface area contributed by atoms with Gasteiger partial charge in [0.15, 0.2) is 0 Å². The molecule has 2 aliphatic rings. The number of carbonyl (C=O) groups excluding carboxylic acids is 2. The van der Waals surface area contributed by atoms with Gasteiger partial charge in [0.25, 0.3) is 0 Å². The Morgan fingerprint density at radius 2 is 1.78 bits per heavy atom. The van der Waals surface area contributed by atoms with Gasteiger partial charge in [-0.1, -0.05) is 0 Å². The lowest BCUT2D eigenvalue weighted by atomic mass is 9.95. The van der Waals surface area contributed by atoms with Gasteiger partial charge in [-0.05, 0) is 40.0 Å². The van der Waals surface area contributed by atoms with Crippen molar-refractivity contribution in [1.82, 2.24) is 10.2 Å². The van der Waals surface area contributed by atoms with Crippen molar-refractivity contribution < 1.29 is 31.9 Å². The van der Waals surface area contributed by atoms with Crippen molar-refractivity contribution in [2.75, 3.05) is 0 Å². The van der Waals surface area contributed by atoms with E-state index in [1.54, 1.807) is 20.8 Å². The minimum atomic E-state index is -5.02. The number of halogens is 4. The summed E-state index contributed by atoms with van der Waals surface area (Å²) in [6.07, 6.45) is -7.21. The number of hydrogen-bond acceptors (Lipinski definition) is 3. The second-order valence-electron chi connectivity index (χ2n) is 6.94. The Labute approximate surface area is 131 Å². The van der Waals surface area contributed by atoms with Crippen LogP contribution in [0.4, 0.5) is 22.4 Å². The van der Waals surface area contributed by atoms with Crippen LogP contribution < -0.4 is 5.32 Å². The third-order valence-electron chi connectivity index (χ3n) is 4.00. The molecular weight excluding hydrogens is 320 g/mol. The molecule has 1 N–H and O–H groups in total.